The number of benzene rings is 2. The molecule has 0 fully saturated rings. The van der Waals surface area contributed by atoms with Crippen molar-refractivity contribution in [3.8, 4) is 0 Å². The smallest absolute Gasteiger partial charge is 0.137 e. The van der Waals surface area contributed by atoms with E-state index in [1.165, 1.54) is 6.07 Å². The van der Waals surface area contributed by atoms with Crippen molar-refractivity contribution in [2.24, 2.45) is 0 Å². The van der Waals surface area contributed by atoms with E-state index in [2.05, 4.69) is 28.2 Å². The molecular formula is C16H16BrClFN. The first-order valence-corrected chi connectivity index (χ1v) is 7.73. The largest absolute Gasteiger partial charge is 0.306 e. The summed E-state index contributed by atoms with van der Waals surface area (Å²) in [5, 5.41) is 4.15. The first kappa shape index (κ1) is 15.5. The highest BCUT2D eigenvalue weighted by Crippen LogP contribution is 2.31. The first-order valence-electron chi connectivity index (χ1n) is 6.56. The first-order chi connectivity index (χ1) is 9.63. The van der Waals surface area contributed by atoms with Gasteiger partial charge in [0.15, 0.2) is 0 Å². The molecule has 0 radical (unpaired) electrons. The average Bonchev–Trinajstić information content (AvgIpc) is 2.45. The molecule has 0 heterocycles. The van der Waals surface area contributed by atoms with Crippen LogP contribution in [0.2, 0.25) is 5.02 Å². The van der Waals surface area contributed by atoms with Crippen LogP contribution in [-0.4, -0.2) is 6.54 Å². The summed E-state index contributed by atoms with van der Waals surface area (Å²) >= 11 is 9.28. The fourth-order valence-corrected chi connectivity index (χ4v) is 2.71. The Morgan fingerprint density at radius 3 is 2.55 bits per heavy atom. The molecule has 0 aliphatic heterocycles. The summed E-state index contributed by atoms with van der Waals surface area (Å²) < 4.78 is 14.2. The lowest BCUT2D eigenvalue weighted by molar-refractivity contribution is 0.580. The van der Waals surface area contributed by atoms with Gasteiger partial charge >= 0.3 is 0 Å². The summed E-state index contributed by atoms with van der Waals surface area (Å²) in [5.74, 6) is -0.250. The molecule has 2 aromatic rings. The zero-order valence-electron chi connectivity index (χ0n) is 11.2. The maximum Gasteiger partial charge on any atom is 0.137 e. The number of halogens is 3. The third kappa shape index (κ3) is 3.60. The fourth-order valence-electron chi connectivity index (χ4n) is 2.09. The quantitative estimate of drug-likeness (QED) is 0.763. The normalized spacial score (nSPS) is 12.4. The highest BCUT2D eigenvalue weighted by molar-refractivity contribution is 9.10. The molecule has 1 unspecified atom stereocenters. The van der Waals surface area contributed by atoms with Crippen LogP contribution in [-0.2, 0) is 0 Å². The molecule has 1 N–H and O–H groups in total. The summed E-state index contributed by atoms with van der Waals surface area (Å²) in [6.45, 7) is 2.96. The maximum absolute atomic E-state index is 13.7. The molecule has 0 amide bonds. The Kier molecular flexibility index (Phi) is 5.58. The van der Waals surface area contributed by atoms with E-state index in [4.69, 9.17) is 11.6 Å². The van der Waals surface area contributed by atoms with E-state index in [1.54, 1.807) is 6.07 Å². The predicted octanol–water partition coefficient (Wildman–Crippen LogP) is 5.33. The molecule has 0 aliphatic rings. The van der Waals surface area contributed by atoms with Crippen molar-refractivity contribution >= 4 is 27.5 Å². The Hall–Kier alpha value is -0.900. The molecule has 0 spiro atoms. The van der Waals surface area contributed by atoms with Crippen LogP contribution in [0.4, 0.5) is 4.39 Å². The molecule has 106 valence electrons. The molecule has 2 aromatic carbocycles. The molecule has 0 aliphatic carbocycles. The van der Waals surface area contributed by atoms with Gasteiger partial charge in [0, 0.05) is 5.02 Å². The van der Waals surface area contributed by atoms with Crippen LogP contribution in [0, 0.1) is 5.82 Å². The van der Waals surface area contributed by atoms with E-state index >= 15 is 0 Å². The second kappa shape index (κ2) is 7.21. The van der Waals surface area contributed by atoms with Gasteiger partial charge < -0.3 is 5.32 Å². The minimum Gasteiger partial charge on any atom is -0.306 e. The summed E-state index contributed by atoms with van der Waals surface area (Å²) in [7, 11) is 0. The molecule has 0 aromatic heterocycles. The standard InChI is InChI=1S/C16H16BrClFN/c1-2-10-20-16(11-6-8-12(18)9-7-11)13-4-3-5-14(19)15(13)17/h3-9,16,20H,2,10H2,1H3. The van der Waals surface area contributed by atoms with Crippen molar-refractivity contribution in [3.05, 3.63) is 68.9 Å². The lowest BCUT2D eigenvalue weighted by Gasteiger charge is -2.21. The SMILES string of the molecule is CCCNC(c1ccc(Cl)cc1)c1cccc(F)c1Br. The highest BCUT2D eigenvalue weighted by atomic mass is 79.9. The maximum atomic E-state index is 13.7. The van der Waals surface area contributed by atoms with Crippen LogP contribution >= 0.6 is 27.5 Å². The zero-order chi connectivity index (χ0) is 14.5. The molecule has 0 bridgehead atoms. The van der Waals surface area contributed by atoms with E-state index in [1.807, 2.05) is 30.3 Å². The topological polar surface area (TPSA) is 12.0 Å². The molecule has 0 saturated carbocycles. The number of hydrogen-bond donors (Lipinski definition) is 1. The van der Waals surface area contributed by atoms with Crippen molar-refractivity contribution in [1.29, 1.82) is 0 Å². The molecule has 4 heteroatoms. The Labute approximate surface area is 132 Å². The summed E-state index contributed by atoms with van der Waals surface area (Å²) in [6.07, 6.45) is 1.01. The van der Waals surface area contributed by atoms with Crippen LogP contribution in [0.15, 0.2) is 46.9 Å². The van der Waals surface area contributed by atoms with Gasteiger partial charge in [-0.2, -0.15) is 0 Å². The molecule has 20 heavy (non-hydrogen) atoms. The van der Waals surface area contributed by atoms with Crippen molar-refractivity contribution in [2.75, 3.05) is 6.54 Å². The van der Waals surface area contributed by atoms with Crippen molar-refractivity contribution in [3.63, 3.8) is 0 Å². The third-order valence-corrected chi connectivity index (χ3v) is 4.18. The van der Waals surface area contributed by atoms with Crippen LogP contribution in [0.25, 0.3) is 0 Å². The molecule has 1 atom stereocenters. The van der Waals surface area contributed by atoms with Crippen molar-refractivity contribution in [2.45, 2.75) is 19.4 Å². The van der Waals surface area contributed by atoms with Gasteiger partial charge in [0.25, 0.3) is 0 Å². The van der Waals surface area contributed by atoms with Gasteiger partial charge in [-0.05, 0) is 58.2 Å². The van der Waals surface area contributed by atoms with Gasteiger partial charge in [-0.3, -0.25) is 0 Å². The summed E-state index contributed by atoms with van der Waals surface area (Å²) in [6, 6.07) is 12.7. The Morgan fingerprint density at radius 2 is 1.90 bits per heavy atom. The average molecular weight is 357 g/mol. The van der Waals surface area contributed by atoms with Crippen LogP contribution in [0.3, 0.4) is 0 Å². The Bertz CT molecular complexity index is 571. The van der Waals surface area contributed by atoms with Gasteiger partial charge in [0.1, 0.15) is 5.82 Å². The summed E-state index contributed by atoms with van der Waals surface area (Å²) in [5.41, 5.74) is 1.95. The second-order valence-electron chi connectivity index (χ2n) is 4.58. The zero-order valence-corrected chi connectivity index (χ0v) is 13.5. The van der Waals surface area contributed by atoms with Crippen LogP contribution in [0.1, 0.15) is 30.5 Å². The van der Waals surface area contributed by atoms with E-state index in [9.17, 15) is 4.39 Å². The van der Waals surface area contributed by atoms with Crippen LogP contribution < -0.4 is 5.32 Å². The molecule has 1 nitrogen and oxygen atoms in total. The van der Waals surface area contributed by atoms with Gasteiger partial charge in [0.05, 0.1) is 10.5 Å². The highest BCUT2D eigenvalue weighted by Gasteiger charge is 2.17. The van der Waals surface area contributed by atoms with Crippen molar-refractivity contribution in [1.82, 2.24) is 5.32 Å². The lowest BCUT2D eigenvalue weighted by Crippen LogP contribution is -2.23. The van der Waals surface area contributed by atoms with Gasteiger partial charge in [0.2, 0.25) is 0 Å². The van der Waals surface area contributed by atoms with Gasteiger partial charge in [-0.15, -0.1) is 0 Å². The molecular weight excluding hydrogens is 341 g/mol. The second-order valence-corrected chi connectivity index (χ2v) is 5.81. The monoisotopic (exact) mass is 355 g/mol. The fraction of sp³-hybridized carbons (Fsp3) is 0.250. The van der Waals surface area contributed by atoms with Gasteiger partial charge in [-0.1, -0.05) is 42.8 Å². The van der Waals surface area contributed by atoms with Gasteiger partial charge in [-0.25, -0.2) is 4.39 Å². The Morgan fingerprint density at radius 1 is 1.20 bits per heavy atom. The van der Waals surface area contributed by atoms with E-state index in [0.717, 1.165) is 24.1 Å². The molecule has 2 rings (SSSR count). The van der Waals surface area contributed by atoms with E-state index in [0.29, 0.717) is 9.50 Å². The van der Waals surface area contributed by atoms with E-state index in [-0.39, 0.29) is 11.9 Å². The number of rotatable bonds is 5. The Balaban J connectivity index is 2.41. The van der Waals surface area contributed by atoms with E-state index < -0.39 is 0 Å². The lowest BCUT2D eigenvalue weighted by atomic mass is 9.98. The molecule has 0 saturated heterocycles. The number of nitrogens with one attached hydrogen (secondary N) is 1. The van der Waals surface area contributed by atoms with Crippen LogP contribution in [0.5, 0.6) is 0 Å². The third-order valence-electron chi connectivity index (χ3n) is 3.09. The summed E-state index contributed by atoms with van der Waals surface area (Å²) in [4.78, 5) is 0. The van der Waals surface area contributed by atoms with Crippen molar-refractivity contribution < 1.29 is 4.39 Å². The number of hydrogen-bond acceptors (Lipinski definition) is 1. The minimum absolute atomic E-state index is 0.0581. The minimum atomic E-state index is -0.250. The predicted molar refractivity (Wildman–Crippen MR) is 85.7 cm³/mol.